The van der Waals surface area contributed by atoms with Gasteiger partial charge >= 0.3 is 17.9 Å². The van der Waals surface area contributed by atoms with Gasteiger partial charge in [0.2, 0.25) is 0 Å². The fourth-order valence-electron chi connectivity index (χ4n) is 2.05. The van der Waals surface area contributed by atoms with Crippen LogP contribution < -0.4 is 0 Å². The van der Waals surface area contributed by atoms with Gasteiger partial charge in [0.1, 0.15) is 18.8 Å². The molecule has 120 valence electrons. The average molecular weight is 304 g/mol. The summed E-state index contributed by atoms with van der Waals surface area (Å²) in [5.74, 6) is -1.56. The number of ether oxygens (including phenoxy) is 5. The first-order chi connectivity index (χ1) is 9.83. The van der Waals surface area contributed by atoms with Crippen LogP contribution in [0, 0.1) is 0 Å². The van der Waals surface area contributed by atoms with Crippen LogP contribution in [0.2, 0.25) is 0 Å². The summed E-state index contributed by atoms with van der Waals surface area (Å²) in [7, 11) is 1.44. The van der Waals surface area contributed by atoms with E-state index in [1.165, 1.54) is 27.9 Å². The summed E-state index contributed by atoms with van der Waals surface area (Å²) < 4.78 is 25.8. The van der Waals surface area contributed by atoms with E-state index in [1.807, 2.05) is 0 Å². The van der Waals surface area contributed by atoms with Gasteiger partial charge in [0.15, 0.2) is 12.4 Å². The largest absolute Gasteiger partial charge is 0.463 e. The summed E-state index contributed by atoms with van der Waals surface area (Å²) >= 11 is 0. The monoisotopic (exact) mass is 304 g/mol. The number of rotatable bonds is 5. The van der Waals surface area contributed by atoms with Gasteiger partial charge in [-0.05, 0) is 0 Å². The maximum atomic E-state index is 11.2. The Morgan fingerprint density at radius 2 is 1.67 bits per heavy atom. The van der Waals surface area contributed by atoms with Crippen molar-refractivity contribution in [3.63, 3.8) is 0 Å². The first-order valence-electron chi connectivity index (χ1n) is 6.49. The predicted octanol–water partition coefficient (Wildman–Crippen LogP) is 0.174. The van der Waals surface area contributed by atoms with Crippen LogP contribution in [0.5, 0.6) is 0 Å². The molecule has 1 rings (SSSR count). The highest BCUT2D eigenvalue weighted by Crippen LogP contribution is 2.26. The van der Waals surface area contributed by atoms with Crippen LogP contribution >= 0.6 is 0 Å². The summed E-state index contributed by atoms with van der Waals surface area (Å²) in [6.45, 7) is 3.60. The van der Waals surface area contributed by atoms with Crippen LogP contribution in [0.3, 0.4) is 0 Å². The molecule has 1 aliphatic heterocycles. The molecule has 0 amide bonds. The molecule has 1 fully saturated rings. The highest BCUT2D eigenvalue weighted by molar-refractivity contribution is 5.67. The molecule has 0 N–H and O–H groups in total. The van der Waals surface area contributed by atoms with Gasteiger partial charge in [0.05, 0.1) is 0 Å². The van der Waals surface area contributed by atoms with E-state index < -0.39 is 42.5 Å². The number of esters is 3. The Morgan fingerprint density at radius 1 is 1.05 bits per heavy atom. The molecule has 1 saturated heterocycles. The lowest BCUT2D eigenvalue weighted by Gasteiger charge is -2.39. The van der Waals surface area contributed by atoms with Crippen molar-refractivity contribution in [3.05, 3.63) is 0 Å². The smallest absolute Gasteiger partial charge is 0.303 e. The molecule has 0 bridgehead atoms. The lowest BCUT2D eigenvalue weighted by atomic mass is 10.0. The second kappa shape index (κ2) is 7.94. The minimum atomic E-state index is -0.864. The molecule has 0 aromatic heterocycles. The lowest BCUT2D eigenvalue weighted by Crippen LogP contribution is -2.54. The van der Waals surface area contributed by atoms with Crippen molar-refractivity contribution in [3.8, 4) is 0 Å². The maximum absolute atomic E-state index is 11.2. The third-order valence-corrected chi connectivity index (χ3v) is 2.82. The van der Waals surface area contributed by atoms with E-state index in [0.717, 1.165) is 0 Å². The molecule has 8 nitrogen and oxygen atoms in total. The third kappa shape index (κ3) is 5.68. The first-order valence-corrected chi connectivity index (χ1v) is 6.49. The van der Waals surface area contributed by atoms with E-state index in [4.69, 9.17) is 23.7 Å². The van der Waals surface area contributed by atoms with Crippen molar-refractivity contribution >= 4 is 17.9 Å². The van der Waals surface area contributed by atoms with Gasteiger partial charge in [0, 0.05) is 34.3 Å². The molecular formula is C13H20O8. The average Bonchev–Trinajstić information content (AvgIpc) is 2.37. The van der Waals surface area contributed by atoms with Gasteiger partial charge in [-0.15, -0.1) is 0 Å². The van der Waals surface area contributed by atoms with Crippen molar-refractivity contribution in [2.24, 2.45) is 0 Å². The molecule has 0 aromatic carbocycles. The zero-order valence-electron chi connectivity index (χ0n) is 12.5. The highest BCUT2D eigenvalue weighted by Gasteiger charge is 2.43. The van der Waals surface area contributed by atoms with Gasteiger partial charge in [-0.25, -0.2) is 0 Å². The molecule has 0 spiro atoms. The second-order valence-corrected chi connectivity index (χ2v) is 4.60. The fourth-order valence-corrected chi connectivity index (χ4v) is 2.05. The van der Waals surface area contributed by atoms with Gasteiger partial charge in [-0.1, -0.05) is 0 Å². The van der Waals surface area contributed by atoms with Crippen molar-refractivity contribution < 1.29 is 38.1 Å². The Bertz CT molecular complexity index is 394. The predicted molar refractivity (Wildman–Crippen MR) is 68.0 cm³/mol. The molecular weight excluding hydrogens is 284 g/mol. The summed E-state index contributed by atoms with van der Waals surface area (Å²) in [5, 5.41) is 0. The zero-order valence-corrected chi connectivity index (χ0v) is 12.5. The second-order valence-electron chi connectivity index (χ2n) is 4.60. The molecule has 8 heteroatoms. The summed E-state index contributed by atoms with van der Waals surface area (Å²) in [5.41, 5.74) is 0. The fraction of sp³-hybridized carbons (Fsp3) is 0.769. The summed E-state index contributed by atoms with van der Waals surface area (Å²) in [6.07, 6.45) is -2.81. The van der Waals surface area contributed by atoms with Crippen LogP contribution in [0.4, 0.5) is 0 Å². The Morgan fingerprint density at radius 3 is 2.14 bits per heavy atom. The lowest BCUT2D eigenvalue weighted by molar-refractivity contribution is -0.259. The zero-order chi connectivity index (χ0) is 16.0. The van der Waals surface area contributed by atoms with Crippen molar-refractivity contribution in [1.82, 2.24) is 0 Å². The van der Waals surface area contributed by atoms with E-state index in [1.54, 1.807) is 0 Å². The van der Waals surface area contributed by atoms with Crippen LogP contribution in [0.15, 0.2) is 0 Å². The van der Waals surface area contributed by atoms with Gasteiger partial charge < -0.3 is 23.7 Å². The van der Waals surface area contributed by atoms with E-state index >= 15 is 0 Å². The topological polar surface area (TPSA) is 97.4 Å². The Hall–Kier alpha value is -1.67. The summed E-state index contributed by atoms with van der Waals surface area (Å²) in [4.78, 5) is 33.3. The van der Waals surface area contributed by atoms with Crippen molar-refractivity contribution in [2.45, 2.75) is 51.8 Å². The molecule has 0 aromatic rings. The van der Waals surface area contributed by atoms with Crippen LogP contribution in [-0.2, 0) is 38.1 Å². The van der Waals surface area contributed by atoms with E-state index in [2.05, 4.69) is 0 Å². The molecule has 0 radical (unpaired) electrons. The van der Waals surface area contributed by atoms with Gasteiger partial charge in [0.25, 0.3) is 0 Å². The van der Waals surface area contributed by atoms with Gasteiger partial charge in [-0.3, -0.25) is 14.4 Å². The molecule has 1 unspecified atom stereocenters. The summed E-state index contributed by atoms with van der Waals surface area (Å²) in [6, 6.07) is 0. The minimum absolute atomic E-state index is 0.134. The third-order valence-electron chi connectivity index (χ3n) is 2.82. The first kappa shape index (κ1) is 17.4. The molecule has 0 aliphatic carbocycles. The molecule has 21 heavy (non-hydrogen) atoms. The van der Waals surface area contributed by atoms with Gasteiger partial charge in [-0.2, -0.15) is 0 Å². The van der Waals surface area contributed by atoms with Crippen molar-refractivity contribution in [2.75, 3.05) is 13.7 Å². The number of hydrogen-bond donors (Lipinski definition) is 0. The highest BCUT2D eigenvalue weighted by atomic mass is 16.7. The minimum Gasteiger partial charge on any atom is -0.463 e. The van der Waals surface area contributed by atoms with E-state index in [9.17, 15) is 14.4 Å². The Balaban J connectivity index is 2.87. The Kier molecular flexibility index (Phi) is 6.57. The number of carbonyl (C=O) groups excluding carboxylic acids is 3. The SMILES string of the molecule is CO[C@H]1C[C@@H](OC(C)=O)[C@H](OC(C)=O)C(COC(C)=O)O1. The molecule has 1 aliphatic rings. The molecule has 0 saturated carbocycles. The van der Waals surface area contributed by atoms with Crippen LogP contribution in [0.25, 0.3) is 0 Å². The number of hydrogen-bond acceptors (Lipinski definition) is 8. The quantitative estimate of drug-likeness (QED) is 0.524. The van der Waals surface area contributed by atoms with Crippen LogP contribution in [-0.4, -0.2) is 56.2 Å². The standard InChI is InChI=1S/C13H20O8/c1-7(14)18-6-11-13(20-9(3)16)10(19-8(2)15)5-12(17-4)21-11/h10-13H,5-6H2,1-4H3/t10-,11?,12-,13+/m1/s1. The number of carbonyl (C=O) groups is 3. The van der Waals surface area contributed by atoms with E-state index in [0.29, 0.717) is 0 Å². The maximum Gasteiger partial charge on any atom is 0.303 e. The number of methoxy groups -OCH3 is 1. The normalized spacial score (nSPS) is 28.6. The molecule has 1 heterocycles. The molecule has 4 atom stereocenters. The van der Waals surface area contributed by atoms with Crippen molar-refractivity contribution in [1.29, 1.82) is 0 Å². The van der Waals surface area contributed by atoms with E-state index in [-0.39, 0.29) is 13.0 Å². The Labute approximate surface area is 122 Å². The van der Waals surface area contributed by atoms with Crippen LogP contribution in [0.1, 0.15) is 27.2 Å².